The predicted octanol–water partition coefficient (Wildman–Crippen LogP) is 3.76. The van der Waals surface area contributed by atoms with Crippen LogP contribution in [0.4, 0.5) is 5.69 Å². The van der Waals surface area contributed by atoms with Gasteiger partial charge in [0.2, 0.25) is 0 Å². The van der Waals surface area contributed by atoms with Crippen molar-refractivity contribution in [1.82, 2.24) is 0 Å². The summed E-state index contributed by atoms with van der Waals surface area (Å²) < 4.78 is 26.9. The molecule has 0 unspecified atom stereocenters. The first-order valence-electron chi connectivity index (χ1n) is 5.74. The molecular formula is C14H14ClNO2S. The number of halogens is 1. The summed E-state index contributed by atoms with van der Waals surface area (Å²) in [6.45, 7) is 3.73. The van der Waals surface area contributed by atoms with Crippen molar-refractivity contribution in [2.24, 2.45) is 0 Å². The third-order valence-electron chi connectivity index (χ3n) is 2.74. The smallest absolute Gasteiger partial charge is 0.261 e. The van der Waals surface area contributed by atoms with Crippen LogP contribution in [0, 0.1) is 13.8 Å². The molecule has 0 saturated carbocycles. The first-order valence-corrected chi connectivity index (χ1v) is 7.60. The molecule has 0 aromatic heterocycles. The second kappa shape index (κ2) is 5.23. The van der Waals surface area contributed by atoms with Crippen LogP contribution in [0.25, 0.3) is 0 Å². The zero-order chi connectivity index (χ0) is 14.0. The van der Waals surface area contributed by atoms with Gasteiger partial charge in [0.05, 0.1) is 4.90 Å². The van der Waals surface area contributed by atoms with E-state index in [0.29, 0.717) is 10.7 Å². The molecule has 0 radical (unpaired) electrons. The van der Waals surface area contributed by atoms with Crippen LogP contribution in [0.3, 0.4) is 0 Å². The van der Waals surface area contributed by atoms with E-state index in [1.165, 1.54) is 0 Å². The zero-order valence-electron chi connectivity index (χ0n) is 10.6. The van der Waals surface area contributed by atoms with E-state index in [9.17, 15) is 8.42 Å². The number of rotatable bonds is 3. The maximum absolute atomic E-state index is 12.2. The molecule has 2 aromatic carbocycles. The summed E-state index contributed by atoms with van der Waals surface area (Å²) in [4.78, 5) is 0.241. The van der Waals surface area contributed by atoms with Crippen LogP contribution in [0.5, 0.6) is 0 Å². The summed E-state index contributed by atoms with van der Waals surface area (Å²) in [6.07, 6.45) is 0. The summed E-state index contributed by atoms with van der Waals surface area (Å²) in [5.74, 6) is 0. The second-order valence-corrected chi connectivity index (χ2v) is 6.47. The third-order valence-corrected chi connectivity index (χ3v) is 4.56. The van der Waals surface area contributed by atoms with Gasteiger partial charge in [-0.3, -0.25) is 4.72 Å². The van der Waals surface area contributed by atoms with Crippen LogP contribution in [-0.2, 0) is 10.0 Å². The first-order chi connectivity index (χ1) is 8.88. The van der Waals surface area contributed by atoms with E-state index in [-0.39, 0.29) is 4.90 Å². The van der Waals surface area contributed by atoms with E-state index in [4.69, 9.17) is 11.6 Å². The molecule has 0 heterocycles. The van der Waals surface area contributed by atoms with Crippen molar-refractivity contribution < 1.29 is 8.42 Å². The molecule has 0 aliphatic carbocycles. The molecule has 2 aromatic rings. The van der Waals surface area contributed by atoms with Gasteiger partial charge in [-0.25, -0.2) is 8.42 Å². The molecule has 3 nitrogen and oxygen atoms in total. The van der Waals surface area contributed by atoms with Crippen LogP contribution < -0.4 is 4.72 Å². The van der Waals surface area contributed by atoms with Crippen LogP contribution >= 0.6 is 11.6 Å². The summed E-state index contributed by atoms with van der Waals surface area (Å²) in [5.41, 5.74) is 2.34. The Morgan fingerprint density at radius 2 is 1.63 bits per heavy atom. The highest BCUT2D eigenvalue weighted by molar-refractivity contribution is 7.92. The number of hydrogen-bond acceptors (Lipinski definition) is 2. The molecule has 5 heteroatoms. The van der Waals surface area contributed by atoms with Crippen molar-refractivity contribution in [3.05, 3.63) is 58.6 Å². The standard InChI is InChI=1S/C14H14ClNO2S/c1-10-3-6-13(7-4-10)19(17,18)16-12-5-8-14(15)11(2)9-12/h3-9,16H,1-2H3. The fourth-order valence-corrected chi connectivity index (χ4v) is 2.81. The molecular weight excluding hydrogens is 282 g/mol. The largest absolute Gasteiger partial charge is 0.280 e. The number of sulfonamides is 1. The number of anilines is 1. The molecule has 1 N–H and O–H groups in total. The van der Waals surface area contributed by atoms with Gasteiger partial charge in [0, 0.05) is 10.7 Å². The van der Waals surface area contributed by atoms with Crippen molar-refractivity contribution in [3.8, 4) is 0 Å². The molecule has 0 spiro atoms. The maximum Gasteiger partial charge on any atom is 0.261 e. The number of aryl methyl sites for hydroxylation is 2. The molecule has 0 aliphatic heterocycles. The third kappa shape index (κ3) is 3.28. The molecule has 0 bridgehead atoms. The Labute approximate surface area is 118 Å². The zero-order valence-corrected chi connectivity index (χ0v) is 12.2. The van der Waals surface area contributed by atoms with Gasteiger partial charge in [-0.15, -0.1) is 0 Å². The van der Waals surface area contributed by atoms with Crippen LogP contribution in [-0.4, -0.2) is 8.42 Å². The summed E-state index contributed by atoms with van der Waals surface area (Å²) in [5, 5.41) is 0.610. The fourth-order valence-electron chi connectivity index (χ4n) is 1.64. The normalized spacial score (nSPS) is 11.3. The van der Waals surface area contributed by atoms with Crippen LogP contribution in [0.15, 0.2) is 47.4 Å². The number of hydrogen-bond donors (Lipinski definition) is 1. The molecule has 19 heavy (non-hydrogen) atoms. The first kappa shape index (κ1) is 13.9. The quantitative estimate of drug-likeness (QED) is 0.937. The van der Waals surface area contributed by atoms with E-state index in [0.717, 1.165) is 11.1 Å². The molecule has 0 saturated heterocycles. The Hall–Kier alpha value is -1.52. The predicted molar refractivity (Wildman–Crippen MR) is 78.2 cm³/mol. The van der Waals surface area contributed by atoms with Gasteiger partial charge in [0.25, 0.3) is 10.0 Å². The molecule has 2 rings (SSSR count). The van der Waals surface area contributed by atoms with Crippen molar-refractivity contribution >= 4 is 27.3 Å². The van der Waals surface area contributed by atoms with Gasteiger partial charge >= 0.3 is 0 Å². The lowest BCUT2D eigenvalue weighted by atomic mass is 10.2. The highest BCUT2D eigenvalue weighted by Gasteiger charge is 2.13. The average molecular weight is 296 g/mol. The fraction of sp³-hybridized carbons (Fsp3) is 0.143. The minimum atomic E-state index is -3.55. The van der Waals surface area contributed by atoms with Gasteiger partial charge in [-0.2, -0.15) is 0 Å². The van der Waals surface area contributed by atoms with E-state index in [1.54, 1.807) is 42.5 Å². The highest BCUT2D eigenvalue weighted by atomic mass is 35.5. The SMILES string of the molecule is Cc1ccc(S(=O)(=O)Nc2ccc(Cl)c(C)c2)cc1. The Morgan fingerprint density at radius 1 is 1.00 bits per heavy atom. The maximum atomic E-state index is 12.2. The molecule has 0 aliphatic rings. The molecule has 0 amide bonds. The van der Waals surface area contributed by atoms with Gasteiger partial charge in [0.15, 0.2) is 0 Å². The molecule has 0 fully saturated rings. The lowest BCUT2D eigenvalue weighted by molar-refractivity contribution is 0.601. The van der Waals surface area contributed by atoms with Crippen LogP contribution in [0.1, 0.15) is 11.1 Å². The van der Waals surface area contributed by atoms with E-state index in [1.807, 2.05) is 13.8 Å². The van der Waals surface area contributed by atoms with E-state index < -0.39 is 10.0 Å². The Morgan fingerprint density at radius 3 is 2.21 bits per heavy atom. The lowest BCUT2D eigenvalue weighted by Gasteiger charge is -2.09. The van der Waals surface area contributed by atoms with E-state index in [2.05, 4.69) is 4.72 Å². The number of nitrogens with one attached hydrogen (secondary N) is 1. The van der Waals surface area contributed by atoms with Crippen molar-refractivity contribution in [3.63, 3.8) is 0 Å². The second-order valence-electron chi connectivity index (χ2n) is 4.38. The lowest BCUT2D eigenvalue weighted by Crippen LogP contribution is -2.12. The van der Waals surface area contributed by atoms with Gasteiger partial charge < -0.3 is 0 Å². The number of benzene rings is 2. The Bertz CT molecular complexity index is 694. The minimum absolute atomic E-state index is 0.241. The van der Waals surface area contributed by atoms with E-state index >= 15 is 0 Å². The van der Waals surface area contributed by atoms with Gasteiger partial charge in [0.1, 0.15) is 0 Å². The summed E-state index contributed by atoms with van der Waals surface area (Å²) in [6, 6.07) is 11.7. The van der Waals surface area contributed by atoms with Crippen LogP contribution in [0.2, 0.25) is 5.02 Å². The molecule has 0 atom stereocenters. The Balaban J connectivity index is 2.30. The average Bonchev–Trinajstić information content (AvgIpc) is 2.34. The highest BCUT2D eigenvalue weighted by Crippen LogP contribution is 2.22. The van der Waals surface area contributed by atoms with Crippen molar-refractivity contribution in [1.29, 1.82) is 0 Å². The van der Waals surface area contributed by atoms with Gasteiger partial charge in [-0.1, -0.05) is 29.3 Å². The molecule has 100 valence electrons. The topological polar surface area (TPSA) is 46.2 Å². The monoisotopic (exact) mass is 295 g/mol. The van der Waals surface area contributed by atoms with Crippen molar-refractivity contribution in [2.75, 3.05) is 4.72 Å². The minimum Gasteiger partial charge on any atom is -0.280 e. The van der Waals surface area contributed by atoms with Gasteiger partial charge in [-0.05, 0) is 49.7 Å². The summed E-state index contributed by atoms with van der Waals surface area (Å²) >= 11 is 5.91. The summed E-state index contributed by atoms with van der Waals surface area (Å²) in [7, 11) is -3.55. The Kier molecular flexibility index (Phi) is 3.83. The van der Waals surface area contributed by atoms with Crippen molar-refractivity contribution in [2.45, 2.75) is 18.7 Å².